The molecule has 0 aliphatic carbocycles. The molecule has 0 bridgehead atoms. The maximum Gasteiger partial charge on any atom is -0.0564 e. The van der Waals surface area contributed by atoms with Crippen LogP contribution in [0, 0.1) is 6.92 Å². The molecular formula is C11H11NO3Ru. The Kier molecular flexibility index (Phi) is 4.07. The first kappa shape index (κ1) is 12.7. The number of hydrogen-bond donors (Lipinski definition) is 2. The number of phenolic OH excluding ortho intramolecular Hbond substituents is 1. The van der Waals surface area contributed by atoms with E-state index in [1.54, 1.807) is 19.1 Å². The van der Waals surface area contributed by atoms with Gasteiger partial charge >= 0.3 is 89.2 Å². The van der Waals surface area contributed by atoms with Gasteiger partial charge in [-0.15, -0.1) is 0 Å². The second kappa shape index (κ2) is 5.12. The van der Waals surface area contributed by atoms with Crippen LogP contribution in [0.3, 0.4) is 0 Å². The van der Waals surface area contributed by atoms with E-state index in [9.17, 15) is 9.90 Å². The molecule has 1 aromatic carbocycles. The SMILES string of the molecule is O=C(O)n1c[c]([Ru])c2c(O)cccc21.[CH2]C. The van der Waals surface area contributed by atoms with Gasteiger partial charge < -0.3 is 0 Å². The number of carbonyl (C=O) groups is 1. The molecule has 0 atom stereocenters. The number of benzene rings is 1. The Morgan fingerprint density at radius 2 is 2.06 bits per heavy atom. The fourth-order valence-corrected chi connectivity index (χ4v) is 2.04. The van der Waals surface area contributed by atoms with E-state index in [4.69, 9.17) is 5.11 Å². The van der Waals surface area contributed by atoms with Gasteiger partial charge in [-0.1, -0.05) is 13.8 Å². The zero-order chi connectivity index (χ0) is 12.3. The number of nitrogens with zero attached hydrogens (tertiary/aromatic N) is 1. The number of carboxylic acid groups (broad SMARTS) is 1. The van der Waals surface area contributed by atoms with Crippen molar-refractivity contribution in [1.82, 2.24) is 4.57 Å². The molecule has 2 aromatic rings. The summed E-state index contributed by atoms with van der Waals surface area (Å²) in [6.45, 7) is 5.00. The van der Waals surface area contributed by atoms with Crippen LogP contribution in [0.5, 0.6) is 5.75 Å². The van der Waals surface area contributed by atoms with Gasteiger partial charge in [0.05, 0.1) is 0 Å². The second-order valence-corrected chi connectivity index (χ2v) is 3.72. The van der Waals surface area contributed by atoms with Crippen LogP contribution < -0.4 is 4.16 Å². The Labute approximate surface area is 103 Å². The minimum absolute atomic E-state index is 0.0936. The van der Waals surface area contributed by atoms with E-state index < -0.39 is 6.09 Å². The first-order chi connectivity index (χ1) is 7.61. The van der Waals surface area contributed by atoms with E-state index >= 15 is 0 Å². The van der Waals surface area contributed by atoms with E-state index in [1.165, 1.54) is 12.3 Å². The number of aromatic nitrogens is 1. The molecular weight excluding hydrogens is 295 g/mol. The van der Waals surface area contributed by atoms with Gasteiger partial charge in [-0.3, -0.25) is 0 Å². The minimum Gasteiger partial charge on any atom is -0.0654 e. The summed E-state index contributed by atoms with van der Waals surface area (Å²) in [7, 11) is 0. The van der Waals surface area contributed by atoms with Gasteiger partial charge in [0.2, 0.25) is 0 Å². The van der Waals surface area contributed by atoms with Crippen molar-refractivity contribution in [3.05, 3.63) is 31.3 Å². The molecule has 0 fully saturated rings. The molecule has 0 saturated heterocycles. The van der Waals surface area contributed by atoms with Crippen molar-refractivity contribution in [2.75, 3.05) is 0 Å². The second-order valence-electron chi connectivity index (χ2n) is 2.79. The van der Waals surface area contributed by atoms with Crippen LogP contribution in [-0.4, -0.2) is 20.9 Å². The van der Waals surface area contributed by atoms with Crippen molar-refractivity contribution in [1.29, 1.82) is 0 Å². The zero-order valence-electron chi connectivity index (χ0n) is 8.62. The number of hydrogen-bond acceptors (Lipinski definition) is 2. The van der Waals surface area contributed by atoms with Crippen molar-refractivity contribution in [3.8, 4) is 5.75 Å². The summed E-state index contributed by atoms with van der Waals surface area (Å²) in [5.74, 6) is 0.0936. The fraction of sp³-hybridized carbons (Fsp3) is 0.0909. The van der Waals surface area contributed by atoms with Gasteiger partial charge in [-0.05, 0) is 0 Å². The van der Waals surface area contributed by atoms with Crippen LogP contribution >= 0.6 is 0 Å². The molecule has 2 N–H and O–H groups in total. The molecule has 0 spiro atoms. The number of rotatable bonds is 0. The fourth-order valence-electron chi connectivity index (χ4n) is 1.37. The van der Waals surface area contributed by atoms with Gasteiger partial charge in [0.25, 0.3) is 0 Å². The predicted molar refractivity (Wildman–Crippen MR) is 57.7 cm³/mol. The van der Waals surface area contributed by atoms with E-state index in [2.05, 4.69) is 25.2 Å². The van der Waals surface area contributed by atoms with Crippen LogP contribution in [-0.2, 0) is 18.3 Å². The Morgan fingerprint density at radius 1 is 1.44 bits per heavy atom. The average molecular weight is 306 g/mol. The van der Waals surface area contributed by atoms with Crippen LogP contribution in [0.1, 0.15) is 6.92 Å². The first-order valence-electron chi connectivity index (χ1n) is 4.52. The van der Waals surface area contributed by atoms with Crippen molar-refractivity contribution in [2.45, 2.75) is 6.92 Å². The van der Waals surface area contributed by atoms with Gasteiger partial charge in [0.1, 0.15) is 0 Å². The molecule has 16 heavy (non-hydrogen) atoms. The molecule has 2 rings (SSSR count). The van der Waals surface area contributed by atoms with E-state index in [1.807, 2.05) is 0 Å². The molecule has 0 unspecified atom stereocenters. The maximum absolute atomic E-state index is 10.8. The zero-order valence-corrected chi connectivity index (χ0v) is 10.4. The third kappa shape index (κ3) is 2.09. The summed E-state index contributed by atoms with van der Waals surface area (Å²) in [5, 5.41) is 19.0. The van der Waals surface area contributed by atoms with Crippen LogP contribution in [0.2, 0.25) is 0 Å². The van der Waals surface area contributed by atoms with Gasteiger partial charge in [0.15, 0.2) is 0 Å². The normalized spacial score (nSPS) is 9.69. The molecule has 0 aliphatic heterocycles. The molecule has 1 radical (unpaired) electrons. The topological polar surface area (TPSA) is 62.5 Å². The molecule has 5 heteroatoms. The molecule has 4 nitrogen and oxygen atoms in total. The molecule has 1 heterocycles. The third-order valence-corrected chi connectivity index (χ3v) is 2.62. The predicted octanol–water partition coefficient (Wildman–Crippen LogP) is 1.89. The Bertz CT molecular complexity index is 519. The van der Waals surface area contributed by atoms with Crippen molar-refractivity contribution >= 4 is 21.2 Å². The summed E-state index contributed by atoms with van der Waals surface area (Å²) in [6.07, 6.45) is 0.403. The number of phenols is 1. The smallest absolute Gasteiger partial charge is 0.0564 e. The van der Waals surface area contributed by atoms with Crippen LogP contribution in [0.15, 0.2) is 24.4 Å². The summed E-state index contributed by atoms with van der Waals surface area (Å²) in [6, 6.07) is 4.80. The van der Waals surface area contributed by atoms with Crippen molar-refractivity contribution in [2.24, 2.45) is 0 Å². The quantitative estimate of drug-likeness (QED) is 0.731. The molecule has 86 valence electrons. The standard InChI is InChI=1S/C9H6NO3.C2H5.Ru/c11-8-3-1-2-7-6(8)4-5-10(7)9(12)13;1-2;/h1-3,5,11H,(H,12,13);1H2,2H3;. The van der Waals surface area contributed by atoms with Crippen molar-refractivity contribution in [3.63, 3.8) is 0 Å². The minimum atomic E-state index is -1.06. The van der Waals surface area contributed by atoms with Crippen molar-refractivity contribution < 1.29 is 33.3 Å². The van der Waals surface area contributed by atoms with Crippen LogP contribution in [0.4, 0.5) is 4.79 Å². The molecule has 0 amide bonds. The van der Waals surface area contributed by atoms with E-state index in [0.717, 1.165) is 4.57 Å². The molecule has 0 saturated carbocycles. The van der Waals surface area contributed by atoms with E-state index in [-0.39, 0.29) is 5.75 Å². The summed E-state index contributed by atoms with van der Waals surface area (Å²) < 4.78 is 1.76. The monoisotopic (exact) mass is 307 g/mol. The van der Waals surface area contributed by atoms with Gasteiger partial charge in [-0.2, -0.15) is 0 Å². The number of aromatic hydroxyl groups is 1. The summed E-state index contributed by atoms with van der Waals surface area (Å²) >= 11 is 2.30. The largest absolute Gasteiger partial charge is 0.0654 e. The van der Waals surface area contributed by atoms with E-state index in [0.29, 0.717) is 15.1 Å². The Hall–Kier alpha value is -1.35. The summed E-state index contributed by atoms with van der Waals surface area (Å²) in [5.41, 5.74) is 0.492. The Balaban J connectivity index is 0.000000606. The average Bonchev–Trinajstić information content (AvgIpc) is 2.61. The van der Waals surface area contributed by atoms with Gasteiger partial charge in [-0.25, -0.2) is 0 Å². The third-order valence-electron chi connectivity index (χ3n) is 1.96. The number of fused-ring (bicyclic) bond motifs is 1. The molecule has 1 aromatic heterocycles. The van der Waals surface area contributed by atoms with Crippen LogP contribution in [0.25, 0.3) is 10.9 Å². The first-order valence-corrected chi connectivity index (χ1v) is 5.39. The maximum atomic E-state index is 10.8. The molecule has 0 aliphatic rings. The van der Waals surface area contributed by atoms with Gasteiger partial charge in [0, 0.05) is 0 Å². The summed E-state index contributed by atoms with van der Waals surface area (Å²) in [4.78, 5) is 10.8. The Morgan fingerprint density at radius 3 is 2.62 bits per heavy atom.